The third-order valence-corrected chi connectivity index (χ3v) is 2.56. The fraction of sp³-hybridized carbons (Fsp3) is 0.333. The Morgan fingerprint density at radius 1 is 1.69 bits per heavy atom. The van der Waals surface area contributed by atoms with Gasteiger partial charge < -0.3 is 10.5 Å². The molecule has 0 aliphatic rings. The first-order chi connectivity index (χ1) is 7.47. The van der Waals surface area contributed by atoms with Crippen molar-refractivity contribution in [3.8, 4) is 0 Å². The Bertz CT molecular complexity index is 413. The van der Waals surface area contributed by atoms with Gasteiger partial charge in [0.05, 0.1) is 12.2 Å². The second-order valence-electron chi connectivity index (χ2n) is 2.81. The quantitative estimate of drug-likeness (QED) is 0.677. The molecule has 2 N–H and O–H groups in total. The molecule has 1 aromatic heterocycles. The molecule has 0 aliphatic heterocycles. The summed E-state index contributed by atoms with van der Waals surface area (Å²) in [5.41, 5.74) is 4.91. The highest BCUT2D eigenvalue weighted by Crippen LogP contribution is 2.26. The summed E-state index contributed by atoms with van der Waals surface area (Å²) >= 11 is 1.74. The standard InChI is InChI=1S/C9H9F2IN2O2/c1-2-16-9(15)6-5(12)3-4(7(10)11)8(13)14-6/h3,7H,2H2,1H3,(H2,13,14). The highest BCUT2D eigenvalue weighted by molar-refractivity contribution is 14.1. The van der Waals surface area contributed by atoms with Crippen molar-refractivity contribution in [2.75, 3.05) is 12.3 Å². The first-order valence-electron chi connectivity index (χ1n) is 4.38. The molecule has 0 atom stereocenters. The van der Waals surface area contributed by atoms with Crippen molar-refractivity contribution in [1.82, 2.24) is 4.98 Å². The Balaban J connectivity index is 3.15. The maximum absolute atomic E-state index is 12.4. The molecule has 16 heavy (non-hydrogen) atoms. The minimum atomic E-state index is -2.71. The monoisotopic (exact) mass is 342 g/mol. The van der Waals surface area contributed by atoms with Crippen LogP contribution in [0.25, 0.3) is 0 Å². The van der Waals surface area contributed by atoms with Crippen LogP contribution in [0, 0.1) is 3.57 Å². The normalized spacial score (nSPS) is 10.6. The summed E-state index contributed by atoms with van der Waals surface area (Å²) in [5.74, 6) is -1.02. The smallest absolute Gasteiger partial charge is 0.358 e. The van der Waals surface area contributed by atoms with Gasteiger partial charge in [0.15, 0.2) is 5.69 Å². The zero-order chi connectivity index (χ0) is 12.3. The van der Waals surface area contributed by atoms with E-state index in [0.717, 1.165) is 6.07 Å². The number of nitrogens with zero attached hydrogens (tertiary/aromatic N) is 1. The van der Waals surface area contributed by atoms with E-state index in [1.807, 2.05) is 0 Å². The highest BCUT2D eigenvalue weighted by atomic mass is 127. The van der Waals surface area contributed by atoms with E-state index in [1.165, 1.54) is 0 Å². The van der Waals surface area contributed by atoms with Crippen LogP contribution in [0.15, 0.2) is 6.07 Å². The Morgan fingerprint density at radius 3 is 2.81 bits per heavy atom. The van der Waals surface area contributed by atoms with Gasteiger partial charge in [-0.15, -0.1) is 0 Å². The van der Waals surface area contributed by atoms with E-state index in [0.29, 0.717) is 3.57 Å². The van der Waals surface area contributed by atoms with Crippen LogP contribution in [0.1, 0.15) is 29.4 Å². The second kappa shape index (κ2) is 5.37. The van der Waals surface area contributed by atoms with E-state index in [4.69, 9.17) is 10.5 Å². The van der Waals surface area contributed by atoms with Crippen molar-refractivity contribution in [2.45, 2.75) is 13.3 Å². The van der Waals surface area contributed by atoms with E-state index in [-0.39, 0.29) is 23.7 Å². The number of hydrogen-bond donors (Lipinski definition) is 1. The summed E-state index contributed by atoms with van der Waals surface area (Å²) in [6.45, 7) is 1.83. The molecule has 0 saturated carbocycles. The SMILES string of the molecule is CCOC(=O)c1nc(N)c(C(F)F)cc1I. The van der Waals surface area contributed by atoms with Crippen molar-refractivity contribution in [3.63, 3.8) is 0 Å². The second-order valence-corrected chi connectivity index (χ2v) is 3.98. The summed E-state index contributed by atoms with van der Waals surface area (Å²) in [6.07, 6.45) is -2.71. The first kappa shape index (κ1) is 13.1. The maximum Gasteiger partial charge on any atom is 0.358 e. The molecule has 0 aliphatic carbocycles. The summed E-state index contributed by atoms with van der Waals surface area (Å²) in [4.78, 5) is 15.0. The number of carbonyl (C=O) groups is 1. The van der Waals surface area contributed by atoms with E-state index in [1.54, 1.807) is 29.5 Å². The highest BCUT2D eigenvalue weighted by Gasteiger charge is 2.19. The van der Waals surface area contributed by atoms with Crippen LogP contribution in [0.3, 0.4) is 0 Å². The van der Waals surface area contributed by atoms with Crippen LogP contribution in [0.4, 0.5) is 14.6 Å². The van der Waals surface area contributed by atoms with Crippen LogP contribution in [0.5, 0.6) is 0 Å². The van der Waals surface area contributed by atoms with Crippen LogP contribution in [0.2, 0.25) is 0 Å². The topological polar surface area (TPSA) is 65.2 Å². The molecule has 1 heterocycles. The van der Waals surface area contributed by atoms with E-state index < -0.39 is 12.4 Å². The van der Waals surface area contributed by atoms with Crippen molar-refractivity contribution in [3.05, 3.63) is 20.9 Å². The van der Waals surface area contributed by atoms with Gasteiger partial charge in [0.25, 0.3) is 6.43 Å². The van der Waals surface area contributed by atoms with Gasteiger partial charge in [-0.3, -0.25) is 0 Å². The zero-order valence-corrected chi connectivity index (χ0v) is 10.5. The molecule has 1 rings (SSSR count). The number of aromatic nitrogens is 1. The number of anilines is 1. The lowest BCUT2D eigenvalue weighted by Gasteiger charge is -2.08. The fourth-order valence-electron chi connectivity index (χ4n) is 1.03. The average Bonchev–Trinajstić information content (AvgIpc) is 2.20. The van der Waals surface area contributed by atoms with Gasteiger partial charge in [-0.25, -0.2) is 18.6 Å². The lowest BCUT2D eigenvalue weighted by molar-refractivity contribution is 0.0517. The Kier molecular flexibility index (Phi) is 4.39. The van der Waals surface area contributed by atoms with Crippen molar-refractivity contribution < 1.29 is 18.3 Å². The van der Waals surface area contributed by atoms with Crippen molar-refractivity contribution >= 4 is 34.4 Å². The Hall–Kier alpha value is -0.990. The number of halogens is 3. The predicted octanol–water partition coefficient (Wildman–Crippen LogP) is 2.38. The number of esters is 1. The van der Waals surface area contributed by atoms with Gasteiger partial charge in [-0.2, -0.15) is 0 Å². The van der Waals surface area contributed by atoms with Gasteiger partial charge >= 0.3 is 5.97 Å². The number of nitrogen functional groups attached to an aromatic ring is 1. The summed E-state index contributed by atoms with van der Waals surface area (Å²) in [6, 6.07) is 1.14. The molecule has 1 aromatic rings. The number of ether oxygens (including phenoxy) is 1. The third-order valence-electron chi connectivity index (χ3n) is 1.74. The van der Waals surface area contributed by atoms with E-state index >= 15 is 0 Å². The van der Waals surface area contributed by atoms with E-state index in [9.17, 15) is 13.6 Å². The average molecular weight is 342 g/mol. The summed E-state index contributed by atoms with van der Waals surface area (Å²) < 4.78 is 29.9. The molecule has 0 unspecified atom stereocenters. The van der Waals surface area contributed by atoms with Crippen LogP contribution in [-0.2, 0) is 4.74 Å². The number of hydrogen-bond acceptors (Lipinski definition) is 4. The van der Waals surface area contributed by atoms with Gasteiger partial charge in [0, 0.05) is 3.57 Å². The Morgan fingerprint density at radius 2 is 2.31 bits per heavy atom. The number of pyridine rings is 1. The zero-order valence-electron chi connectivity index (χ0n) is 8.34. The molecule has 4 nitrogen and oxygen atoms in total. The predicted molar refractivity (Wildman–Crippen MR) is 62.3 cm³/mol. The molecule has 7 heteroatoms. The number of rotatable bonds is 3. The van der Waals surface area contributed by atoms with Gasteiger partial charge in [0.1, 0.15) is 5.82 Å². The lowest BCUT2D eigenvalue weighted by atomic mass is 10.2. The fourth-order valence-corrected chi connectivity index (χ4v) is 1.71. The summed E-state index contributed by atoms with van der Waals surface area (Å²) in [5, 5.41) is 0. The Labute approximate surface area is 104 Å². The minimum Gasteiger partial charge on any atom is -0.461 e. The van der Waals surface area contributed by atoms with Crippen LogP contribution in [-0.4, -0.2) is 17.6 Å². The largest absolute Gasteiger partial charge is 0.461 e. The van der Waals surface area contributed by atoms with Crippen molar-refractivity contribution in [2.24, 2.45) is 0 Å². The van der Waals surface area contributed by atoms with Gasteiger partial charge in [0.2, 0.25) is 0 Å². The molecular weight excluding hydrogens is 333 g/mol. The molecule has 0 aromatic carbocycles. The summed E-state index contributed by atoms with van der Waals surface area (Å²) in [7, 11) is 0. The molecule has 0 spiro atoms. The van der Waals surface area contributed by atoms with Crippen molar-refractivity contribution in [1.29, 1.82) is 0 Å². The molecule has 0 fully saturated rings. The lowest BCUT2D eigenvalue weighted by Crippen LogP contribution is -2.12. The van der Waals surface area contributed by atoms with Gasteiger partial charge in [-0.1, -0.05) is 0 Å². The van der Waals surface area contributed by atoms with E-state index in [2.05, 4.69) is 4.98 Å². The molecule has 0 bridgehead atoms. The first-order valence-corrected chi connectivity index (χ1v) is 5.46. The number of nitrogens with two attached hydrogens (primary N) is 1. The molecule has 0 radical (unpaired) electrons. The number of alkyl halides is 2. The molecule has 0 amide bonds. The third kappa shape index (κ3) is 2.77. The van der Waals surface area contributed by atoms with Crippen LogP contribution < -0.4 is 5.73 Å². The minimum absolute atomic E-state index is 0.0376. The molecular formula is C9H9F2IN2O2. The molecule has 88 valence electrons. The molecule has 0 saturated heterocycles. The van der Waals surface area contributed by atoms with Crippen LogP contribution >= 0.6 is 22.6 Å². The maximum atomic E-state index is 12.4. The van der Waals surface area contributed by atoms with Gasteiger partial charge in [-0.05, 0) is 35.6 Å². The number of carbonyl (C=O) groups excluding carboxylic acids is 1.